The van der Waals surface area contributed by atoms with Gasteiger partial charge in [0.25, 0.3) is 5.91 Å². The first-order valence-electron chi connectivity index (χ1n) is 10.7. The summed E-state index contributed by atoms with van der Waals surface area (Å²) in [4.78, 5) is 39.4. The van der Waals surface area contributed by atoms with Gasteiger partial charge in [-0.25, -0.2) is 4.79 Å². The van der Waals surface area contributed by atoms with Crippen LogP contribution in [0.15, 0.2) is 59.8 Å². The van der Waals surface area contributed by atoms with E-state index in [2.05, 4.69) is 0 Å². The fraction of sp³-hybridized carbons (Fsp3) is 0.280. The maximum Gasteiger partial charge on any atom is 0.416 e. The second-order valence-electron chi connectivity index (χ2n) is 8.51. The first kappa shape index (κ1) is 24.0. The lowest BCUT2D eigenvalue weighted by atomic mass is 9.83. The molecule has 7 nitrogen and oxygen atoms in total. The number of alkyl halides is 3. The monoisotopic (exact) mass is 483 g/mol. The van der Waals surface area contributed by atoms with E-state index in [-0.39, 0.29) is 36.2 Å². The number of carbonyl (C=O) groups is 3. The van der Waals surface area contributed by atoms with Crippen molar-refractivity contribution in [1.82, 2.24) is 0 Å². The third-order valence-electron chi connectivity index (χ3n) is 6.24. The average Bonchev–Trinajstić information content (AvgIpc) is 3.59. The minimum absolute atomic E-state index is 0.0271. The maximum atomic E-state index is 13.3. The number of primary amides is 1. The van der Waals surface area contributed by atoms with Crippen molar-refractivity contribution in [3.05, 3.63) is 76.5 Å². The minimum atomic E-state index is -4.63. The van der Waals surface area contributed by atoms with Crippen molar-refractivity contribution in [3.63, 3.8) is 0 Å². The molecule has 0 radical (unpaired) electrons. The van der Waals surface area contributed by atoms with Gasteiger partial charge in [0, 0.05) is 36.6 Å². The van der Waals surface area contributed by atoms with Gasteiger partial charge in [-0.15, -0.1) is 0 Å². The molecule has 0 spiro atoms. The van der Waals surface area contributed by atoms with E-state index in [1.54, 1.807) is 12.1 Å². The molecule has 1 aliphatic carbocycles. The Hall–Kier alpha value is -4.13. The highest BCUT2D eigenvalue weighted by atomic mass is 19.4. The molecule has 0 bridgehead atoms. The highest BCUT2D eigenvalue weighted by molar-refractivity contribution is 6.05. The van der Waals surface area contributed by atoms with Crippen LogP contribution in [0.5, 0.6) is 0 Å². The Morgan fingerprint density at radius 3 is 2.37 bits per heavy atom. The van der Waals surface area contributed by atoms with Crippen molar-refractivity contribution in [2.24, 2.45) is 5.73 Å². The maximum absolute atomic E-state index is 13.3. The molecule has 2 amide bonds. The van der Waals surface area contributed by atoms with Gasteiger partial charge in [-0.05, 0) is 42.8 Å². The van der Waals surface area contributed by atoms with E-state index >= 15 is 0 Å². The quantitative estimate of drug-likeness (QED) is 0.648. The Balaban J connectivity index is 1.82. The van der Waals surface area contributed by atoms with E-state index in [9.17, 15) is 27.6 Å². The number of hydrogen-bond acceptors (Lipinski definition) is 5. The summed E-state index contributed by atoms with van der Waals surface area (Å²) < 4.78 is 45.3. The molecule has 2 aromatic rings. The lowest BCUT2D eigenvalue weighted by molar-refractivity contribution is -0.154. The smallest absolute Gasteiger partial charge is 0.416 e. The Morgan fingerprint density at radius 2 is 1.83 bits per heavy atom. The number of hydrogen-bond donors (Lipinski definition) is 1. The van der Waals surface area contributed by atoms with E-state index < -0.39 is 41.0 Å². The van der Waals surface area contributed by atoms with Crippen LogP contribution in [0.3, 0.4) is 0 Å². The number of nitrogens with zero attached hydrogens (tertiary/aromatic N) is 2. The molecule has 1 heterocycles. The van der Waals surface area contributed by atoms with Crippen LogP contribution in [-0.4, -0.2) is 23.4 Å². The summed E-state index contributed by atoms with van der Waals surface area (Å²) in [5, 5.41) is 9.07. The van der Waals surface area contributed by atoms with Crippen LogP contribution in [-0.2, 0) is 25.3 Å². The molecule has 2 aliphatic rings. The molecule has 1 aliphatic heterocycles. The van der Waals surface area contributed by atoms with Crippen LogP contribution in [0.25, 0.3) is 0 Å². The first-order chi connectivity index (χ1) is 16.5. The van der Waals surface area contributed by atoms with Gasteiger partial charge in [-0.1, -0.05) is 18.2 Å². The molecule has 1 saturated carbocycles. The van der Waals surface area contributed by atoms with Gasteiger partial charge in [0.2, 0.25) is 5.91 Å². The Bertz CT molecular complexity index is 1290. The molecule has 180 valence electrons. The molecule has 2 aromatic carbocycles. The number of nitrogens with two attached hydrogens (primary N) is 1. The minimum Gasteiger partial charge on any atom is -0.446 e. The summed E-state index contributed by atoms with van der Waals surface area (Å²) in [6, 6.07) is 12.5. The Morgan fingerprint density at radius 1 is 1.17 bits per heavy atom. The van der Waals surface area contributed by atoms with E-state index in [1.165, 1.54) is 31.2 Å². The fourth-order valence-corrected chi connectivity index (χ4v) is 4.20. The number of halogens is 3. The van der Waals surface area contributed by atoms with E-state index in [0.717, 1.165) is 17.0 Å². The van der Waals surface area contributed by atoms with E-state index in [0.29, 0.717) is 11.1 Å². The van der Waals surface area contributed by atoms with Crippen LogP contribution in [0.2, 0.25) is 0 Å². The molecule has 1 atom stereocenters. The van der Waals surface area contributed by atoms with Gasteiger partial charge in [0.1, 0.15) is 0 Å². The largest absolute Gasteiger partial charge is 0.446 e. The molecule has 1 fully saturated rings. The van der Waals surface area contributed by atoms with Gasteiger partial charge >= 0.3 is 12.1 Å². The molecule has 0 saturated heterocycles. The molecule has 0 aromatic heterocycles. The van der Waals surface area contributed by atoms with Crippen molar-refractivity contribution in [1.29, 1.82) is 5.26 Å². The fourth-order valence-electron chi connectivity index (χ4n) is 4.20. The molecular formula is C25H20F3N3O4. The van der Waals surface area contributed by atoms with E-state index in [4.69, 9.17) is 15.7 Å². The van der Waals surface area contributed by atoms with Gasteiger partial charge in [-0.2, -0.15) is 18.4 Å². The molecular weight excluding hydrogens is 463 g/mol. The number of esters is 1. The highest BCUT2D eigenvalue weighted by Gasteiger charge is 2.54. The normalized spacial score (nSPS) is 19.2. The summed E-state index contributed by atoms with van der Waals surface area (Å²) in [6.07, 6.45) is -4.34. The summed E-state index contributed by atoms with van der Waals surface area (Å²) in [5.74, 6) is -2.99. The standard InChI is InChI=1S/C25H20F3N3O4/c1-14-21(22(33)35-24(9-10-24)23(30)34)19(16-7-5-15(13-29)6-8-16)12-20(32)31(14)18-4-2-3-17(11-18)25(26,27)28/h2-8,11,19H,9-10,12H2,1H3,(H2,30,34). The number of carbonyl (C=O) groups excluding carboxylic acids is 3. The summed E-state index contributed by atoms with van der Waals surface area (Å²) in [6.45, 7) is 1.44. The van der Waals surface area contributed by atoms with Crippen molar-refractivity contribution < 1.29 is 32.3 Å². The third-order valence-corrected chi connectivity index (χ3v) is 6.24. The number of nitriles is 1. The van der Waals surface area contributed by atoms with Crippen molar-refractivity contribution in [2.45, 2.75) is 43.9 Å². The Kier molecular flexibility index (Phi) is 5.88. The summed E-state index contributed by atoms with van der Waals surface area (Å²) in [7, 11) is 0. The highest BCUT2D eigenvalue weighted by Crippen LogP contribution is 2.44. The lowest BCUT2D eigenvalue weighted by Gasteiger charge is -2.35. The Labute approximate surface area is 198 Å². The second kappa shape index (κ2) is 8.58. The summed E-state index contributed by atoms with van der Waals surface area (Å²) >= 11 is 0. The first-order valence-corrected chi connectivity index (χ1v) is 10.7. The SMILES string of the molecule is CC1=C(C(=O)OC2(C(N)=O)CC2)C(c2ccc(C#N)cc2)CC(=O)N1c1cccc(C(F)(F)F)c1. The van der Waals surface area contributed by atoms with Crippen LogP contribution < -0.4 is 10.6 Å². The van der Waals surface area contributed by atoms with E-state index in [1.807, 2.05) is 6.07 Å². The number of amides is 2. The summed E-state index contributed by atoms with van der Waals surface area (Å²) in [5.41, 5.74) is 3.98. The molecule has 2 N–H and O–H groups in total. The van der Waals surface area contributed by atoms with Crippen molar-refractivity contribution in [3.8, 4) is 6.07 Å². The van der Waals surface area contributed by atoms with Gasteiger partial charge < -0.3 is 10.5 Å². The number of anilines is 1. The lowest BCUT2D eigenvalue weighted by Crippen LogP contribution is -2.41. The topological polar surface area (TPSA) is 113 Å². The van der Waals surface area contributed by atoms with Crippen molar-refractivity contribution in [2.75, 3.05) is 4.90 Å². The van der Waals surface area contributed by atoms with Gasteiger partial charge in [-0.3, -0.25) is 14.5 Å². The van der Waals surface area contributed by atoms with Crippen LogP contribution in [0.1, 0.15) is 48.8 Å². The molecule has 10 heteroatoms. The third kappa shape index (κ3) is 4.49. The zero-order valence-electron chi connectivity index (χ0n) is 18.6. The van der Waals surface area contributed by atoms with Crippen LogP contribution >= 0.6 is 0 Å². The number of allylic oxidation sites excluding steroid dienone is 1. The average molecular weight is 483 g/mol. The molecule has 1 unspecified atom stereocenters. The van der Waals surface area contributed by atoms with Crippen LogP contribution in [0, 0.1) is 11.3 Å². The molecule has 4 rings (SSSR count). The zero-order valence-corrected chi connectivity index (χ0v) is 18.6. The second-order valence-corrected chi connectivity index (χ2v) is 8.51. The molecule has 35 heavy (non-hydrogen) atoms. The predicted octanol–water partition coefficient (Wildman–Crippen LogP) is 3.93. The van der Waals surface area contributed by atoms with Crippen molar-refractivity contribution >= 4 is 23.5 Å². The number of rotatable bonds is 5. The predicted molar refractivity (Wildman–Crippen MR) is 117 cm³/mol. The number of benzene rings is 2. The van der Waals surface area contributed by atoms with Gasteiger partial charge in [0.05, 0.1) is 22.8 Å². The van der Waals surface area contributed by atoms with Gasteiger partial charge in [0.15, 0.2) is 5.60 Å². The van der Waals surface area contributed by atoms with Crippen LogP contribution in [0.4, 0.5) is 18.9 Å². The number of ether oxygens (including phenoxy) is 1. The zero-order chi connectivity index (χ0) is 25.5.